The van der Waals surface area contributed by atoms with Gasteiger partial charge in [0.25, 0.3) is 5.91 Å². The molecule has 1 atom stereocenters. The van der Waals surface area contributed by atoms with E-state index in [1.54, 1.807) is 4.90 Å². The number of aryl methyl sites for hydroxylation is 1. The van der Waals surface area contributed by atoms with Crippen molar-refractivity contribution in [2.45, 2.75) is 32.7 Å². The average Bonchev–Trinajstić information content (AvgIpc) is 3.55. The van der Waals surface area contributed by atoms with Crippen molar-refractivity contribution in [1.82, 2.24) is 35.6 Å². The summed E-state index contributed by atoms with van der Waals surface area (Å²) >= 11 is 0. The Morgan fingerprint density at radius 3 is 2.70 bits per heavy atom. The molecule has 3 aromatic heterocycles. The van der Waals surface area contributed by atoms with E-state index >= 15 is 0 Å². The third-order valence-corrected chi connectivity index (χ3v) is 6.92. The number of nitrogens with zero attached hydrogens (tertiary/aromatic N) is 4. The van der Waals surface area contributed by atoms with Crippen molar-refractivity contribution in [3.8, 4) is 17.1 Å². The molecule has 0 bridgehead atoms. The molecular weight excluding hydrogens is 477 g/mol. The van der Waals surface area contributed by atoms with E-state index in [1.165, 1.54) is 19.2 Å². The van der Waals surface area contributed by atoms with Crippen LogP contribution in [0.2, 0.25) is 0 Å². The van der Waals surface area contributed by atoms with Gasteiger partial charge in [-0.15, -0.1) is 0 Å². The Hall–Kier alpha value is -4.28. The van der Waals surface area contributed by atoms with Gasteiger partial charge in [-0.3, -0.25) is 19.8 Å². The molecule has 1 fully saturated rings. The van der Waals surface area contributed by atoms with Crippen molar-refractivity contribution in [3.05, 3.63) is 59.3 Å². The number of piperidine rings is 1. The van der Waals surface area contributed by atoms with Gasteiger partial charge in [0.05, 0.1) is 36.3 Å². The van der Waals surface area contributed by atoms with Crippen LogP contribution in [0.1, 0.15) is 47.6 Å². The van der Waals surface area contributed by atoms with Crippen LogP contribution in [0.3, 0.4) is 0 Å². The Kier molecular flexibility index (Phi) is 6.60. The van der Waals surface area contributed by atoms with Crippen LogP contribution < -0.4 is 10.1 Å². The first kappa shape index (κ1) is 24.4. The first-order valence-electron chi connectivity index (χ1n) is 12.1. The number of carbonyl (C=O) groups is 2. The van der Waals surface area contributed by atoms with E-state index in [0.29, 0.717) is 31.6 Å². The maximum absolute atomic E-state index is 14.2. The highest BCUT2D eigenvalue weighted by Crippen LogP contribution is 2.26. The molecule has 1 saturated heterocycles. The van der Waals surface area contributed by atoms with Crippen LogP contribution in [0, 0.1) is 18.7 Å². The minimum absolute atomic E-state index is 0.0206. The normalized spacial score (nSPS) is 15.1. The van der Waals surface area contributed by atoms with Gasteiger partial charge in [-0.1, -0.05) is 6.07 Å². The summed E-state index contributed by atoms with van der Waals surface area (Å²) < 4.78 is 19.3. The number of H-pyrrole nitrogens is 2. The van der Waals surface area contributed by atoms with E-state index in [0.717, 1.165) is 28.4 Å². The zero-order chi connectivity index (χ0) is 26.1. The molecule has 1 aromatic carbocycles. The molecule has 2 amide bonds. The number of amides is 2. The van der Waals surface area contributed by atoms with Gasteiger partial charge in [0.15, 0.2) is 11.5 Å². The van der Waals surface area contributed by atoms with Crippen molar-refractivity contribution in [2.75, 3.05) is 20.2 Å². The lowest BCUT2D eigenvalue weighted by atomic mass is 9.94. The van der Waals surface area contributed by atoms with Crippen molar-refractivity contribution in [2.24, 2.45) is 5.92 Å². The first-order valence-corrected chi connectivity index (χ1v) is 12.1. The predicted molar refractivity (Wildman–Crippen MR) is 134 cm³/mol. The Morgan fingerprint density at radius 1 is 1.16 bits per heavy atom. The van der Waals surface area contributed by atoms with Crippen molar-refractivity contribution in [1.29, 1.82) is 0 Å². The molecule has 0 saturated carbocycles. The van der Waals surface area contributed by atoms with E-state index in [4.69, 9.17) is 4.74 Å². The summed E-state index contributed by atoms with van der Waals surface area (Å²) in [6.45, 7) is 4.78. The summed E-state index contributed by atoms with van der Waals surface area (Å²) in [5.41, 5.74) is 3.65. The fourth-order valence-corrected chi connectivity index (χ4v) is 4.66. The molecule has 1 aliphatic heterocycles. The lowest BCUT2D eigenvalue weighted by Gasteiger charge is -2.31. The monoisotopic (exact) mass is 505 g/mol. The van der Waals surface area contributed by atoms with Gasteiger partial charge >= 0.3 is 0 Å². The van der Waals surface area contributed by atoms with E-state index in [2.05, 4.69) is 30.7 Å². The molecule has 5 rings (SSSR count). The predicted octanol–water partition coefficient (Wildman–Crippen LogP) is 3.53. The van der Waals surface area contributed by atoms with Crippen LogP contribution >= 0.6 is 0 Å². The number of hydrogen-bond donors (Lipinski definition) is 3. The number of fused-ring (bicyclic) bond motifs is 1. The number of likely N-dealkylation sites (tertiary alicyclic amines) is 1. The highest BCUT2D eigenvalue weighted by molar-refractivity contribution is 5.93. The minimum atomic E-state index is -0.552. The Labute approximate surface area is 212 Å². The molecule has 1 unspecified atom stereocenters. The highest BCUT2D eigenvalue weighted by Gasteiger charge is 2.29. The smallest absolute Gasteiger partial charge is 0.274 e. The average molecular weight is 506 g/mol. The van der Waals surface area contributed by atoms with Gasteiger partial charge in [0, 0.05) is 36.0 Å². The minimum Gasteiger partial charge on any atom is -0.481 e. The van der Waals surface area contributed by atoms with Gasteiger partial charge in [0.2, 0.25) is 11.8 Å². The number of hydrogen-bond acceptors (Lipinski definition) is 6. The molecule has 37 heavy (non-hydrogen) atoms. The Bertz CT molecular complexity index is 1460. The van der Waals surface area contributed by atoms with Gasteiger partial charge in [-0.05, 0) is 50.5 Å². The molecule has 0 aliphatic carbocycles. The molecular formula is C26H28FN7O3. The molecule has 0 radical (unpaired) electrons. The number of ether oxygens (including phenoxy) is 1. The van der Waals surface area contributed by atoms with E-state index in [1.807, 2.05) is 32.0 Å². The summed E-state index contributed by atoms with van der Waals surface area (Å²) in [6, 6.07) is 8.80. The molecule has 4 heterocycles. The summed E-state index contributed by atoms with van der Waals surface area (Å²) in [6.07, 6.45) is 2.17. The maximum Gasteiger partial charge on any atom is 0.274 e. The van der Waals surface area contributed by atoms with Crippen LogP contribution in [-0.2, 0) is 4.79 Å². The Balaban J connectivity index is 1.18. The van der Waals surface area contributed by atoms with Gasteiger partial charge in [-0.2, -0.15) is 10.2 Å². The topological polar surface area (TPSA) is 129 Å². The maximum atomic E-state index is 14.2. The molecule has 10 nitrogen and oxygen atoms in total. The lowest BCUT2D eigenvalue weighted by molar-refractivity contribution is -0.127. The number of aromatic amines is 2. The van der Waals surface area contributed by atoms with E-state index in [9.17, 15) is 14.0 Å². The summed E-state index contributed by atoms with van der Waals surface area (Å²) in [4.78, 5) is 31.5. The second-order valence-corrected chi connectivity index (χ2v) is 9.28. The number of benzene rings is 1. The number of aromatic nitrogens is 5. The number of carbonyl (C=O) groups excluding carboxylic acids is 2. The van der Waals surface area contributed by atoms with E-state index < -0.39 is 5.82 Å². The zero-order valence-electron chi connectivity index (χ0n) is 20.8. The summed E-state index contributed by atoms with van der Waals surface area (Å²) in [7, 11) is 1.44. The van der Waals surface area contributed by atoms with Gasteiger partial charge in [-0.25, -0.2) is 9.37 Å². The van der Waals surface area contributed by atoms with Crippen molar-refractivity contribution >= 4 is 22.7 Å². The van der Waals surface area contributed by atoms with Crippen LogP contribution in [0.4, 0.5) is 4.39 Å². The van der Waals surface area contributed by atoms with Crippen LogP contribution in [0.25, 0.3) is 22.2 Å². The number of halogens is 1. The van der Waals surface area contributed by atoms with Crippen LogP contribution in [-0.4, -0.2) is 62.3 Å². The molecule has 0 spiro atoms. The number of methoxy groups -OCH3 is 1. The quantitative estimate of drug-likeness (QED) is 0.368. The summed E-state index contributed by atoms with van der Waals surface area (Å²) in [5.74, 6) is -0.762. The molecule has 4 aromatic rings. The van der Waals surface area contributed by atoms with Crippen molar-refractivity contribution in [3.63, 3.8) is 0 Å². The van der Waals surface area contributed by atoms with Crippen LogP contribution in [0.15, 0.2) is 36.5 Å². The number of pyridine rings is 1. The van der Waals surface area contributed by atoms with Crippen LogP contribution in [0.5, 0.6) is 5.88 Å². The van der Waals surface area contributed by atoms with E-state index in [-0.39, 0.29) is 40.9 Å². The lowest BCUT2D eigenvalue weighted by Crippen LogP contribution is -2.43. The first-order chi connectivity index (χ1) is 17.8. The standard InChI is InChI=1S/C26H28FN7O3/c1-14(17-4-5-21-18(10-17)15(2)30-31-21)29-25(35)16-6-8-34(9-7-16)26(36)23-12-22(32-33-23)19-11-24(37-3)28-13-20(19)27/h4-5,10-14,16H,6-9H2,1-3H3,(H,29,35)(H,30,31)(H,32,33). The molecule has 192 valence electrons. The fourth-order valence-electron chi connectivity index (χ4n) is 4.66. The third kappa shape index (κ3) is 4.89. The zero-order valence-corrected chi connectivity index (χ0v) is 20.8. The largest absolute Gasteiger partial charge is 0.481 e. The SMILES string of the molecule is COc1cc(-c2cc(C(=O)N3CCC(C(=O)NC(C)c4ccc5[nH]nc(C)c5c4)CC3)n[nH]2)c(F)cn1. The molecule has 3 N–H and O–H groups in total. The molecule has 11 heteroatoms. The molecule has 1 aliphatic rings. The van der Waals surface area contributed by atoms with Gasteiger partial charge in [0.1, 0.15) is 0 Å². The number of nitrogens with one attached hydrogen (secondary N) is 3. The third-order valence-electron chi connectivity index (χ3n) is 6.92. The summed E-state index contributed by atoms with van der Waals surface area (Å²) in [5, 5.41) is 18.2. The van der Waals surface area contributed by atoms with Crippen molar-refractivity contribution < 1.29 is 18.7 Å². The number of rotatable bonds is 6. The highest BCUT2D eigenvalue weighted by atomic mass is 19.1. The Morgan fingerprint density at radius 2 is 1.95 bits per heavy atom. The van der Waals surface area contributed by atoms with Gasteiger partial charge < -0.3 is 15.0 Å². The fraction of sp³-hybridized carbons (Fsp3) is 0.346. The second-order valence-electron chi connectivity index (χ2n) is 9.28. The second kappa shape index (κ2) is 10.00.